The maximum Gasteiger partial charge on any atom is 0.159 e. The molecule has 0 unspecified atom stereocenters. The molecule has 0 aliphatic heterocycles. The summed E-state index contributed by atoms with van der Waals surface area (Å²) in [7, 11) is 0. The van der Waals surface area contributed by atoms with Crippen LogP contribution in [0.3, 0.4) is 0 Å². The molecule has 0 saturated carbocycles. The fraction of sp³-hybridized carbons (Fsp3) is 0.0435. The minimum Gasteiger partial charge on any atom is -0.397 e. The van der Waals surface area contributed by atoms with E-state index in [1.807, 2.05) is 24.3 Å². The Morgan fingerprint density at radius 2 is 1.94 bits per heavy atom. The first kappa shape index (κ1) is 17.8. The van der Waals surface area contributed by atoms with Gasteiger partial charge >= 0.3 is 0 Å². The highest BCUT2D eigenvalue weighted by Gasteiger charge is 2.16. The zero-order valence-electron chi connectivity index (χ0n) is 16.5. The van der Waals surface area contributed by atoms with Crippen molar-refractivity contribution in [2.45, 2.75) is 6.92 Å². The van der Waals surface area contributed by atoms with Crippen molar-refractivity contribution in [3.63, 3.8) is 0 Å². The molecule has 0 fully saturated rings. The van der Waals surface area contributed by atoms with Crippen LogP contribution in [0.5, 0.6) is 0 Å². The Morgan fingerprint density at radius 1 is 1.00 bits per heavy atom. The Kier molecular flexibility index (Phi) is 3.87. The van der Waals surface area contributed by atoms with E-state index >= 15 is 0 Å². The number of benzene rings is 1. The topological polar surface area (TPSA) is 109 Å². The maximum atomic E-state index is 5.89. The van der Waals surface area contributed by atoms with Crippen molar-refractivity contribution in [3.05, 3.63) is 65.9 Å². The number of para-hydroxylation sites is 1. The van der Waals surface area contributed by atoms with Gasteiger partial charge in [0.1, 0.15) is 5.69 Å². The van der Waals surface area contributed by atoms with Crippen molar-refractivity contribution in [2.24, 2.45) is 0 Å². The van der Waals surface area contributed by atoms with Crippen LogP contribution in [0.1, 0.15) is 4.88 Å². The van der Waals surface area contributed by atoms with Crippen LogP contribution in [0.15, 0.2) is 61.1 Å². The molecule has 4 N–H and O–H groups in total. The summed E-state index contributed by atoms with van der Waals surface area (Å²) in [6, 6.07) is 14.3. The van der Waals surface area contributed by atoms with Crippen molar-refractivity contribution in [3.8, 4) is 33.2 Å². The molecule has 150 valence electrons. The molecule has 0 aliphatic carbocycles. The van der Waals surface area contributed by atoms with Gasteiger partial charge in [-0.15, -0.1) is 11.3 Å². The van der Waals surface area contributed by atoms with Gasteiger partial charge in [0.2, 0.25) is 0 Å². The van der Waals surface area contributed by atoms with Crippen molar-refractivity contribution < 1.29 is 0 Å². The summed E-state index contributed by atoms with van der Waals surface area (Å²) in [4.78, 5) is 19.5. The lowest BCUT2D eigenvalue weighted by Crippen LogP contribution is -1.90. The van der Waals surface area contributed by atoms with E-state index in [0.29, 0.717) is 11.5 Å². The van der Waals surface area contributed by atoms with Gasteiger partial charge in [-0.1, -0.05) is 12.1 Å². The number of hydrogen-bond acceptors (Lipinski definition) is 6. The van der Waals surface area contributed by atoms with Gasteiger partial charge in [0, 0.05) is 38.7 Å². The number of H-pyrrole nitrogens is 2. The summed E-state index contributed by atoms with van der Waals surface area (Å²) >= 11 is 1.77. The van der Waals surface area contributed by atoms with Crippen LogP contribution in [-0.2, 0) is 0 Å². The molecule has 0 radical (unpaired) electrons. The number of imidazole rings is 1. The Hall–Kier alpha value is -4.04. The first-order valence-corrected chi connectivity index (χ1v) is 10.6. The highest BCUT2D eigenvalue weighted by Crippen LogP contribution is 2.35. The predicted octanol–water partition coefficient (Wildman–Crippen LogP) is 5.18. The number of aromatic amines is 2. The zero-order chi connectivity index (χ0) is 20.9. The van der Waals surface area contributed by atoms with Gasteiger partial charge < -0.3 is 10.7 Å². The van der Waals surface area contributed by atoms with E-state index in [1.165, 1.54) is 9.75 Å². The number of thiophene rings is 1. The molecule has 7 nitrogen and oxygen atoms in total. The molecule has 0 aliphatic rings. The van der Waals surface area contributed by atoms with Gasteiger partial charge in [0.25, 0.3) is 0 Å². The number of aryl methyl sites for hydroxylation is 1. The van der Waals surface area contributed by atoms with Crippen LogP contribution in [0.2, 0.25) is 0 Å². The molecule has 31 heavy (non-hydrogen) atoms. The number of fused-ring (bicyclic) bond motifs is 2. The minimum atomic E-state index is 0.598. The van der Waals surface area contributed by atoms with Crippen LogP contribution in [0, 0.1) is 6.92 Å². The predicted molar refractivity (Wildman–Crippen MR) is 125 cm³/mol. The van der Waals surface area contributed by atoms with E-state index in [1.54, 1.807) is 29.9 Å². The Labute approximate surface area is 181 Å². The van der Waals surface area contributed by atoms with Crippen molar-refractivity contribution in [1.82, 2.24) is 30.1 Å². The lowest BCUT2D eigenvalue weighted by molar-refractivity contribution is 1.10. The van der Waals surface area contributed by atoms with Gasteiger partial charge in [-0.3, -0.25) is 15.1 Å². The molecule has 0 atom stereocenters. The fourth-order valence-corrected chi connectivity index (χ4v) is 4.67. The van der Waals surface area contributed by atoms with Crippen molar-refractivity contribution in [2.75, 3.05) is 5.73 Å². The van der Waals surface area contributed by atoms with Crippen molar-refractivity contribution >= 4 is 39.0 Å². The third kappa shape index (κ3) is 2.96. The highest BCUT2D eigenvalue weighted by molar-refractivity contribution is 7.15. The summed E-state index contributed by atoms with van der Waals surface area (Å²) in [5.74, 6) is 0.713. The summed E-state index contributed by atoms with van der Waals surface area (Å²) in [5, 5.41) is 8.51. The normalized spacial score (nSPS) is 11.5. The summed E-state index contributed by atoms with van der Waals surface area (Å²) in [6.07, 6.45) is 5.14. The lowest BCUT2D eigenvalue weighted by atomic mass is 10.1. The van der Waals surface area contributed by atoms with Crippen LogP contribution in [0.4, 0.5) is 5.69 Å². The quantitative estimate of drug-likeness (QED) is 0.363. The van der Waals surface area contributed by atoms with E-state index in [4.69, 9.17) is 10.7 Å². The first-order valence-electron chi connectivity index (χ1n) is 9.76. The molecular weight excluding hydrogens is 406 g/mol. The van der Waals surface area contributed by atoms with Crippen LogP contribution >= 0.6 is 11.3 Å². The average molecular weight is 424 g/mol. The van der Waals surface area contributed by atoms with Crippen molar-refractivity contribution in [1.29, 1.82) is 0 Å². The van der Waals surface area contributed by atoms with E-state index < -0.39 is 0 Å². The van der Waals surface area contributed by atoms with Gasteiger partial charge in [-0.05, 0) is 37.3 Å². The molecule has 1 aromatic carbocycles. The number of pyridine rings is 2. The van der Waals surface area contributed by atoms with E-state index in [-0.39, 0.29) is 0 Å². The number of nitrogen functional groups attached to an aromatic ring is 1. The largest absolute Gasteiger partial charge is 0.397 e. The van der Waals surface area contributed by atoms with E-state index in [2.05, 4.69) is 50.3 Å². The molecule has 8 heteroatoms. The summed E-state index contributed by atoms with van der Waals surface area (Å²) < 4.78 is 0. The highest BCUT2D eigenvalue weighted by atomic mass is 32.1. The van der Waals surface area contributed by atoms with E-state index in [0.717, 1.165) is 44.5 Å². The standard InChI is InChI=1S/C23H17N7S/c1-12-5-6-20(31-12)15-3-2-4-17-21(15)28-23(27-17)22-16-8-18(26-11-19(16)29-30-22)13-7-14(24)10-25-9-13/h2-11H,24H2,1H3,(H,27,28)(H,29,30). The third-order valence-electron chi connectivity index (χ3n) is 5.25. The molecule has 0 bridgehead atoms. The number of anilines is 1. The molecule has 6 aromatic rings. The zero-order valence-corrected chi connectivity index (χ0v) is 17.4. The summed E-state index contributed by atoms with van der Waals surface area (Å²) in [6.45, 7) is 2.11. The molecule has 6 rings (SSSR count). The van der Waals surface area contributed by atoms with Crippen LogP contribution in [0.25, 0.3) is 55.2 Å². The maximum absolute atomic E-state index is 5.89. The molecule has 0 amide bonds. The number of rotatable bonds is 3. The van der Waals surface area contributed by atoms with Gasteiger partial charge in [0.05, 0.1) is 34.1 Å². The Balaban J connectivity index is 1.51. The smallest absolute Gasteiger partial charge is 0.159 e. The van der Waals surface area contributed by atoms with Crippen LogP contribution in [-0.4, -0.2) is 30.1 Å². The molecule has 5 aromatic heterocycles. The Morgan fingerprint density at radius 3 is 2.77 bits per heavy atom. The van der Waals surface area contributed by atoms with E-state index in [9.17, 15) is 0 Å². The number of nitrogens with one attached hydrogen (secondary N) is 2. The second kappa shape index (κ2) is 6.75. The number of nitrogens with two attached hydrogens (primary N) is 1. The molecule has 0 spiro atoms. The SMILES string of the molecule is Cc1ccc(-c2cccc3[nH]c(-c4n[nH]c5cnc(-c6cncc(N)c6)cc45)nc23)s1. The number of hydrogen-bond donors (Lipinski definition) is 3. The second-order valence-electron chi connectivity index (χ2n) is 7.39. The summed E-state index contributed by atoms with van der Waals surface area (Å²) in [5.41, 5.74) is 12.7. The average Bonchev–Trinajstić information content (AvgIpc) is 3.50. The first-order chi connectivity index (χ1) is 15.2. The van der Waals surface area contributed by atoms with Gasteiger partial charge in [-0.2, -0.15) is 5.10 Å². The number of aromatic nitrogens is 6. The second-order valence-corrected chi connectivity index (χ2v) is 8.68. The Bertz CT molecular complexity index is 1570. The third-order valence-corrected chi connectivity index (χ3v) is 6.28. The fourth-order valence-electron chi connectivity index (χ4n) is 3.78. The monoisotopic (exact) mass is 423 g/mol. The van der Waals surface area contributed by atoms with Gasteiger partial charge in [-0.25, -0.2) is 4.98 Å². The molecular formula is C23H17N7S. The lowest BCUT2D eigenvalue weighted by Gasteiger charge is -2.02. The molecule has 0 saturated heterocycles. The van der Waals surface area contributed by atoms with Gasteiger partial charge in [0.15, 0.2) is 5.82 Å². The van der Waals surface area contributed by atoms with Crippen LogP contribution < -0.4 is 5.73 Å². The minimum absolute atomic E-state index is 0.598. The number of nitrogens with zero attached hydrogens (tertiary/aromatic N) is 4. The molecule has 5 heterocycles.